The fourth-order valence-corrected chi connectivity index (χ4v) is 3.59. The minimum Gasteiger partial charge on any atom is -0.497 e. The van der Waals surface area contributed by atoms with Crippen LogP contribution in [0.15, 0.2) is 48.5 Å². The largest absolute Gasteiger partial charge is 0.497 e. The summed E-state index contributed by atoms with van der Waals surface area (Å²) in [7, 11) is 6.29. The van der Waals surface area contributed by atoms with Gasteiger partial charge in [0.15, 0.2) is 23.0 Å². The number of methoxy groups -OCH3 is 4. The Bertz CT molecular complexity index is 1360. The second-order valence-corrected chi connectivity index (χ2v) is 7.60. The van der Waals surface area contributed by atoms with E-state index in [2.05, 4.69) is 20.6 Å². The minimum absolute atomic E-state index is 0.138. The van der Waals surface area contributed by atoms with Crippen LogP contribution >= 0.6 is 0 Å². The van der Waals surface area contributed by atoms with E-state index in [1.165, 1.54) is 0 Å². The van der Waals surface area contributed by atoms with Crippen molar-refractivity contribution < 1.29 is 28.5 Å². The molecule has 0 aliphatic rings. The summed E-state index contributed by atoms with van der Waals surface area (Å²) in [5.41, 5.74) is 2.04. The van der Waals surface area contributed by atoms with Crippen LogP contribution in [0.3, 0.4) is 0 Å². The summed E-state index contributed by atoms with van der Waals surface area (Å²) >= 11 is 0. The topological polar surface area (TPSA) is 118 Å². The standard InChI is InChI=1S/C25H27N5O6/c1-32-17-6-8-19(33-2)18(15-17)25-28-27-22-9-10-24(29-30(22)25)36-12-11-26-23(31)14-16-5-7-20(34-3)21(13-16)35-4/h5-10,13,15H,11-12,14H2,1-4H3,(H,26,31). The molecule has 0 unspecified atom stereocenters. The third-order valence-corrected chi connectivity index (χ3v) is 5.37. The van der Waals surface area contributed by atoms with Gasteiger partial charge in [0.05, 0.1) is 47.0 Å². The number of hydrogen-bond donors (Lipinski definition) is 1. The summed E-state index contributed by atoms with van der Waals surface area (Å²) in [6.45, 7) is 0.542. The zero-order chi connectivity index (χ0) is 25.5. The predicted octanol–water partition coefficient (Wildman–Crippen LogP) is 2.56. The third-order valence-electron chi connectivity index (χ3n) is 5.37. The first-order valence-corrected chi connectivity index (χ1v) is 11.1. The summed E-state index contributed by atoms with van der Waals surface area (Å²) in [6, 6.07) is 14.2. The number of benzene rings is 2. The number of amides is 1. The van der Waals surface area contributed by atoms with E-state index < -0.39 is 0 Å². The van der Waals surface area contributed by atoms with Crippen LogP contribution in [0.5, 0.6) is 28.9 Å². The summed E-state index contributed by atoms with van der Waals surface area (Å²) in [5.74, 6) is 3.15. The highest BCUT2D eigenvalue weighted by Gasteiger charge is 2.16. The number of carbonyl (C=O) groups is 1. The Morgan fingerprint density at radius 1 is 0.861 bits per heavy atom. The Morgan fingerprint density at radius 3 is 2.39 bits per heavy atom. The van der Waals surface area contributed by atoms with Gasteiger partial charge >= 0.3 is 0 Å². The number of carbonyl (C=O) groups excluding carboxylic acids is 1. The molecule has 2 aromatic carbocycles. The van der Waals surface area contributed by atoms with Crippen LogP contribution in [0.2, 0.25) is 0 Å². The maximum atomic E-state index is 12.3. The maximum Gasteiger partial charge on any atom is 0.231 e. The lowest BCUT2D eigenvalue weighted by molar-refractivity contribution is -0.120. The van der Waals surface area contributed by atoms with Crippen LogP contribution in [-0.4, -0.2) is 67.3 Å². The summed E-state index contributed by atoms with van der Waals surface area (Å²) in [5, 5.41) is 15.8. The monoisotopic (exact) mass is 493 g/mol. The van der Waals surface area contributed by atoms with Gasteiger partial charge in [-0.3, -0.25) is 4.79 Å². The van der Waals surface area contributed by atoms with Crippen molar-refractivity contribution in [2.75, 3.05) is 41.6 Å². The molecular formula is C25H27N5O6. The zero-order valence-corrected chi connectivity index (χ0v) is 20.5. The van der Waals surface area contributed by atoms with Crippen molar-refractivity contribution in [1.82, 2.24) is 25.1 Å². The fourth-order valence-electron chi connectivity index (χ4n) is 3.59. The van der Waals surface area contributed by atoms with Gasteiger partial charge in [0.2, 0.25) is 11.8 Å². The van der Waals surface area contributed by atoms with Crippen molar-refractivity contribution in [3.05, 3.63) is 54.1 Å². The molecule has 4 aromatic rings. The van der Waals surface area contributed by atoms with Crippen molar-refractivity contribution >= 4 is 11.6 Å². The zero-order valence-electron chi connectivity index (χ0n) is 20.5. The Balaban J connectivity index is 1.38. The summed E-state index contributed by atoms with van der Waals surface area (Å²) in [4.78, 5) is 12.3. The predicted molar refractivity (Wildman–Crippen MR) is 131 cm³/mol. The number of hydrogen-bond acceptors (Lipinski definition) is 9. The SMILES string of the molecule is COc1ccc(OC)c(-c2nnc3ccc(OCCNC(=O)Cc4ccc(OC)c(OC)c4)nn23)c1. The molecule has 11 nitrogen and oxygen atoms in total. The van der Waals surface area contributed by atoms with Crippen LogP contribution in [0.1, 0.15) is 5.56 Å². The van der Waals surface area contributed by atoms with Crippen LogP contribution < -0.4 is 29.0 Å². The second kappa shape index (κ2) is 11.3. The Labute approximate surface area is 207 Å². The van der Waals surface area contributed by atoms with E-state index in [4.69, 9.17) is 23.7 Å². The molecule has 4 rings (SSSR count). The van der Waals surface area contributed by atoms with Gasteiger partial charge in [-0.25, -0.2) is 0 Å². The number of ether oxygens (including phenoxy) is 5. The molecule has 0 saturated heterocycles. The van der Waals surface area contributed by atoms with Crippen LogP contribution in [0.25, 0.3) is 17.0 Å². The van der Waals surface area contributed by atoms with Crippen LogP contribution in [0.4, 0.5) is 0 Å². The number of rotatable bonds is 11. The van der Waals surface area contributed by atoms with Crippen LogP contribution in [0, 0.1) is 0 Å². The molecule has 0 aliphatic carbocycles. The van der Waals surface area contributed by atoms with Gasteiger partial charge in [-0.05, 0) is 42.0 Å². The van der Waals surface area contributed by atoms with Crippen molar-refractivity contribution in [2.45, 2.75) is 6.42 Å². The van der Waals surface area contributed by atoms with E-state index in [0.717, 1.165) is 5.56 Å². The highest BCUT2D eigenvalue weighted by atomic mass is 16.5. The van der Waals surface area contributed by atoms with E-state index in [1.807, 2.05) is 6.07 Å². The lowest BCUT2D eigenvalue weighted by Crippen LogP contribution is -2.29. The van der Waals surface area contributed by atoms with E-state index in [0.29, 0.717) is 52.5 Å². The van der Waals surface area contributed by atoms with Gasteiger partial charge in [0.25, 0.3) is 0 Å². The molecule has 0 atom stereocenters. The molecule has 11 heteroatoms. The van der Waals surface area contributed by atoms with Gasteiger partial charge in [-0.2, -0.15) is 4.52 Å². The molecule has 0 bridgehead atoms. The quantitative estimate of drug-likeness (QED) is 0.315. The van der Waals surface area contributed by atoms with Gasteiger partial charge < -0.3 is 29.0 Å². The first kappa shape index (κ1) is 24.6. The van der Waals surface area contributed by atoms with Gasteiger partial charge in [0.1, 0.15) is 18.1 Å². The van der Waals surface area contributed by atoms with E-state index in [1.54, 1.807) is 75.4 Å². The van der Waals surface area contributed by atoms with Crippen molar-refractivity contribution in [3.8, 4) is 40.3 Å². The van der Waals surface area contributed by atoms with E-state index >= 15 is 0 Å². The lowest BCUT2D eigenvalue weighted by Gasteiger charge is -2.11. The van der Waals surface area contributed by atoms with Gasteiger partial charge in [-0.15, -0.1) is 15.3 Å². The van der Waals surface area contributed by atoms with Crippen LogP contribution in [-0.2, 0) is 11.2 Å². The first-order valence-electron chi connectivity index (χ1n) is 11.1. The first-order chi connectivity index (χ1) is 17.6. The van der Waals surface area contributed by atoms with E-state index in [9.17, 15) is 4.79 Å². The summed E-state index contributed by atoms with van der Waals surface area (Å²) < 4.78 is 28.6. The maximum absolute atomic E-state index is 12.3. The lowest BCUT2D eigenvalue weighted by atomic mass is 10.1. The Morgan fingerprint density at radius 2 is 1.64 bits per heavy atom. The van der Waals surface area contributed by atoms with Gasteiger partial charge in [0, 0.05) is 6.07 Å². The molecule has 36 heavy (non-hydrogen) atoms. The minimum atomic E-state index is -0.138. The Kier molecular flexibility index (Phi) is 7.69. The smallest absolute Gasteiger partial charge is 0.231 e. The molecule has 0 saturated carbocycles. The third kappa shape index (κ3) is 5.40. The molecule has 1 amide bonds. The number of nitrogens with zero attached hydrogens (tertiary/aromatic N) is 4. The second-order valence-electron chi connectivity index (χ2n) is 7.60. The molecule has 0 spiro atoms. The average Bonchev–Trinajstić information content (AvgIpc) is 3.33. The average molecular weight is 494 g/mol. The molecule has 0 fully saturated rings. The molecule has 2 aromatic heterocycles. The van der Waals surface area contributed by atoms with Crippen molar-refractivity contribution in [2.24, 2.45) is 0 Å². The number of fused-ring (bicyclic) bond motifs is 1. The molecular weight excluding hydrogens is 466 g/mol. The van der Waals surface area contributed by atoms with E-state index in [-0.39, 0.29) is 18.9 Å². The highest BCUT2D eigenvalue weighted by Crippen LogP contribution is 2.32. The molecule has 2 heterocycles. The molecule has 0 radical (unpaired) electrons. The molecule has 0 aliphatic heterocycles. The van der Waals surface area contributed by atoms with Crippen molar-refractivity contribution in [3.63, 3.8) is 0 Å². The number of nitrogens with one attached hydrogen (secondary N) is 1. The summed E-state index contributed by atoms with van der Waals surface area (Å²) in [6.07, 6.45) is 0.205. The highest BCUT2D eigenvalue weighted by molar-refractivity contribution is 5.78. The van der Waals surface area contributed by atoms with Crippen molar-refractivity contribution in [1.29, 1.82) is 0 Å². The normalized spacial score (nSPS) is 10.7. The number of aromatic nitrogens is 4. The Hall–Kier alpha value is -4.54. The fraction of sp³-hybridized carbons (Fsp3) is 0.280. The van der Waals surface area contributed by atoms with Gasteiger partial charge in [-0.1, -0.05) is 6.07 Å². The molecule has 188 valence electrons. The molecule has 1 N–H and O–H groups in total.